The van der Waals surface area contributed by atoms with Gasteiger partial charge in [0.25, 0.3) is 0 Å². The Labute approximate surface area is 123 Å². The van der Waals surface area contributed by atoms with Crippen LogP contribution in [0.4, 0.5) is 4.39 Å². The molecule has 5 heteroatoms. The second kappa shape index (κ2) is 5.68. The Balaban J connectivity index is 1.78. The average molecular weight is 287 g/mol. The maximum Gasteiger partial charge on any atom is 0.240 e. The first-order chi connectivity index (χ1) is 10.2. The lowest BCUT2D eigenvalue weighted by molar-refractivity contribution is -0.123. The van der Waals surface area contributed by atoms with Crippen LogP contribution in [0.2, 0.25) is 0 Å². The summed E-state index contributed by atoms with van der Waals surface area (Å²) in [6.45, 7) is 0.253. The minimum absolute atomic E-state index is 0.0424. The number of rotatable bonds is 4. The summed E-state index contributed by atoms with van der Waals surface area (Å²) in [5.41, 5.74) is 0.631. The summed E-state index contributed by atoms with van der Waals surface area (Å²) in [5, 5.41) is 3.16. The van der Waals surface area contributed by atoms with Crippen molar-refractivity contribution in [2.45, 2.75) is 37.8 Å². The molecule has 0 saturated heterocycles. The Morgan fingerprint density at radius 1 is 1.29 bits per heavy atom. The quantitative estimate of drug-likeness (QED) is 0.939. The third-order valence-electron chi connectivity index (χ3n) is 4.12. The fourth-order valence-corrected chi connectivity index (χ4v) is 3.09. The van der Waals surface area contributed by atoms with Crippen LogP contribution in [-0.2, 0) is 16.9 Å². The third-order valence-corrected chi connectivity index (χ3v) is 4.12. The van der Waals surface area contributed by atoms with E-state index in [0.29, 0.717) is 0 Å². The molecule has 3 rings (SSSR count). The minimum Gasteiger partial charge on any atom is -0.345 e. The van der Waals surface area contributed by atoms with Crippen molar-refractivity contribution in [3.63, 3.8) is 0 Å². The highest BCUT2D eigenvalue weighted by atomic mass is 19.1. The van der Waals surface area contributed by atoms with Gasteiger partial charge in [-0.2, -0.15) is 0 Å². The predicted octanol–water partition coefficient (Wildman–Crippen LogP) is 2.61. The molecule has 0 radical (unpaired) electrons. The molecule has 1 aliphatic carbocycles. The van der Waals surface area contributed by atoms with Gasteiger partial charge in [-0.25, -0.2) is 9.37 Å². The summed E-state index contributed by atoms with van der Waals surface area (Å²) in [6.07, 6.45) is 8.98. The van der Waals surface area contributed by atoms with Gasteiger partial charge in [0, 0.05) is 12.4 Å². The normalized spacial score (nSPS) is 16.8. The highest BCUT2D eigenvalue weighted by Gasteiger charge is 2.36. The van der Waals surface area contributed by atoms with E-state index in [-0.39, 0.29) is 23.8 Å². The van der Waals surface area contributed by atoms with Crippen LogP contribution in [-0.4, -0.2) is 15.5 Å². The molecule has 1 heterocycles. The molecule has 0 aliphatic heterocycles. The summed E-state index contributed by atoms with van der Waals surface area (Å²) < 4.78 is 14.9. The van der Waals surface area contributed by atoms with Gasteiger partial charge in [-0.05, 0) is 30.5 Å². The number of nitrogens with zero attached hydrogens (tertiary/aromatic N) is 2. The van der Waals surface area contributed by atoms with E-state index in [0.717, 1.165) is 31.2 Å². The van der Waals surface area contributed by atoms with Gasteiger partial charge in [-0.15, -0.1) is 0 Å². The lowest BCUT2D eigenvalue weighted by Gasteiger charge is -2.31. The number of imidazole rings is 1. The van der Waals surface area contributed by atoms with Crippen molar-refractivity contribution in [3.05, 3.63) is 54.4 Å². The van der Waals surface area contributed by atoms with Crippen LogP contribution in [0.15, 0.2) is 43.0 Å². The molecule has 2 aromatic rings. The fraction of sp³-hybridized carbons (Fsp3) is 0.375. The van der Waals surface area contributed by atoms with E-state index in [2.05, 4.69) is 10.3 Å². The number of carbonyl (C=O) groups excluding carboxylic acids is 1. The Hall–Kier alpha value is -2.17. The first-order valence-corrected chi connectivity index (χ1v) is 7.21. The standard InChI is InChI=1S/C16H18FN3O/c17-14-5-3-13(4-6-14)16(7-1-2-8-16)19-15(21)11-20-10-9-18-12-20/h3-6,9-10,12H,1-2,7-8,11H2,(H,19,21). The zero-order valence-corrected chi connectivity index (χ0v) is 11.8. The van der Waals surface area contributed by atoms with Crippen molar-refractivity contribution < 1.29 is 9.18 Å². The van der Waals surface area contributed by atoms with Gasteiger partial charge in [0.15, 0.2) is 0 Å². The van der Waals surface area contributed by atoms with Crippen LogP contribution in [0.1, 0.15) is 31.2 Å². The molecule has 4 nitrogen and oxygen atoms in total. The Bertz CT molecular complexity index is 601. The summed E-state index contributed by atoms with van der Waals surface area (Å²) in [5.74, 6) is -0.295. The summed E-state index contributed by atoms with van der Waals surface area (Å²) in [7, 11) is 0. The number of benzene rings is 1. The largest absolute Gasteiger partial charge is 0.345 e. The number of halogens is 1. The molecule has 0 atom stereocenters. The number of nitrogens with one attached hydrogen (secondary N) is 1. The number of carbonyl (C=O) groups is 1. The Morgan fingerprint density at radius 3 is 2.62 bits per heavy atom. The van der Waals surface area contributed by atoms with Crippen LogP contribution < -0.4 is 5.32 Å². The summed E-state index contributed by atoms with van der Waals surface area (Å²) >= 11 is 0. The van der Waals surface area contributed by atoms with E-state index >= 15 is 0 Å². The molecule has 0 unspecified atom stereocenters. The van der Waals surface area contributed by atoms with Crippen molar-refractivity contribution in [3.8, 4) is 0 Å². The molecule has 1 aromatic heterocycles. The Morgan fingerprint density at radius 2 is 2.00 bits per heavy atom. The molecule has 0 spiro atoms. The maximum atomic E-state index is 13.1. The van der Waals surface area contributed by atoms with Gasteiger partial charge in [-0.3, -0.25) is 4.79 Å². The van der Waals surface area contributed by atoms with Crippen LogP contribution in [0.3, 0.4) is 0 Å². The summed E-state index contributed by atoms with van der Waals surface area (Å²) in [6, 6.07) is 6.46. The van der Waals surface area contributed by atoms with E-state index < -0.39 is 0 Å². The van der Waals surface area contributed by atoms with Crippen LogP contribution in [0, 0.1) is 5.82 Å². The molecule has 1 N–H and O–H groups in total. The Kier molecular flexibility index (Phi) is 3.73. The molecule has 1 saturated carbocycles. The lowest BCUT2D eigenvalue weighted by Crippen LogP contribution is -2.45. The van der Waals surface area contributed by atoms with E-state index in [4.69, 9.17) is 0 Å². The van der Waals surface area contributed by atoms with Crippen LogP contribution in [0.5, 0.6) is 0 Å². The molecule has 1 fully saturated rings. The number of amides is 1. The predicted molar refractivity (Wildman–Crippen MR) is 76.9 cm³/mol. The number of hydrogen-bond acceptors (Lipinski definition) is 2. The third kappa shape index (κ3) is 2.96. The van der Waals surface area contributed by atoms with Crippen molar-refractivity contribution in [1.82, 2.24) is 14.9 Å². The number of aromatic nitrogens is 2. The maximum absolute atomic E-state index is 13.1. The first-order valence-electron chi connectivity index (χ1n) is 7.21. The molecular weight excluding hydrogens is 269 g/mol. The topological polar surface area (TPSA) is 46.9 Å². The van der Waals surface area contributed by atoms with E-state index in [1.165, 1.54) is 12.1 Å². The SMILES string of the molecule is O=C(Cn1ccnc1)NC1(c2ccc(F)cc2)CCCC1. The van der Waals surface area contributed by atoms with Crippen LogP contribution in [0.25, 0.3) is 0 Å². The van der Waals surface area contributed by atoms with Crippen LogP contribution >= 0.6 is 0 Å². The molecule has 1 amide bonds. The van der Waals surface area contributed by atoms with Crippen molar-refractivity contribution in [2.24, 2.45) is 0 Å². The lowest BCUT2D eigenvalue weighted by atomic mass is 9.88. The average Bonchev–Trinajstić information content (AvgIpc) is 3.12. The van der Waals surface area contributed by atoms with Gasteiger partial charge in [0.1, 0.15) is 12.4 Å². The minimum atomic E-state index is -0.356. The van der Waals surface area contributed by atoms with E-state index in [9.17, 15) is 9.18 Å². The van der Waals surface area contributed by atoms with Gasteiger partial charge >= 0.3 is 0 Å². The molecule has 21 heavy (non-hydrogen) atoms. The first kappa shape index (κ1) is 13.8. The van der Waals surface area contributed by atoms with Gasteiger partial charge in [0.05, 0.1) is 11.9 Å². The number of hydrogen-bond donors (Lipinski definition) is 1. The van der Waals surface area contributed by atoms with Gasteiger partial charge < -0.3 is 9.88 Å². The summed E-state index contributed by atoms with van der Waals surface area (Å²) in [4.78, 5) is 16.2. The van der Waals surface area contributed by atoms with E-state index in [1.807, 2.05) is 0 Å². The molecule has 1 aliphatic rings. The molecular formula is C16H18FN3O. The fourth-order valence-electron chi connectivity index (χ4n) is 3.09. The second-order valence-electron chi connectivity index (χ2n) is 5.58. The van der Waals surface area contributed by atoms with Gasteiger partial charge in [-0.1, -0.05) is 25.0 Å². The smallest absolute Gasteiger partial charge is 0.240 e. The molecule has 110 valence electrons. The monoisotopic (exact) mass is 287 g/mol. The second-order valence-corrected chi connectivity index (χ2v) is 5.58. The van der Waals surface area contributed by atoms with Gasteiger partial charge in [0.2, 0.25) is 5.91 Å². The highest BCUT2D eigenvalue weighted by Crippen LogP contribution is 2.38. The van der Waals surface area contributed by atoms with Crippen molar-refractivity contribution in [2.75, 3.05) is 0 Å². The van der Waals surface area contributed by atoms with Crippen molar-refractivity contribution >= 4 is 5.91 Å². The molecule has 1 aromatic carbocycles. The molecule has 0 bridgehead atoms. The zero-order valence-electron chi connectivity index (χ0n) is 11.8. The van der Waals surface area contributed by atoms with E-state index in [1.54, 1.807) is 35.4 Å². The highest BCUT2D eigenvalue weighted by molar-refractivity contribution is 5.77. The zero-order chi connectivity index (χ0) is 14.7. The van der Waals surface area contributed by atoms with Crippen molar-refractivity contribution in [1.29, 1.82) is 0 Å².